The zero-order valence-corrected chi connectivity index (χ0v) is 20.9. The van der Waals surface area contributed by atoms with Crippen molar-refractivity contribution in [1.82, 2.24) is 20.2 Å². The fourth-order valence-electron chi connectivity index (χ4n) is 4.69. The number of carbonyl (C=O) groups excluding carboxylic acids is 1. The Hall–Kier alpha value is -3.69. The van der Waals surface area contributed by atoms with Crippen LogP contribution in [0.15, 0.2) is 48.8 Å². The molecule has 1 fully saturated rings. The van der Waals surface area contributed by atoms with Crippen LogP contribution in [-0.2, 0) is 17.9 Å². The topological polar surface area (TPSA) is 96.3 Å². The maximum absolute atomic E-state index is 14.2. The van der Waals surface area contributed by atoms with Gasteiger partial charge in [0.2, 0.25) is 5.91 Å². The number of fused-ring (bicyclic) bond motifs is 1. The number of halogens is 3. The second kappa shape index (κ2) is 10.4. The number of aromatic amines is 1. The number of H-pyrrole nitrogens is 1. The lowest BCUT2D eigenvalue weighted by atomic mass is 10.0. The first-order valence-corrected chi connectivity index (χ1v) is 12.3. The van der Waals surface area contributed by atoms with Crippen molar-refractivity contribution in [3.05, 3.63) is 76.6 Å². The normalized spacial score (nSPS) is 15.8. The maximum atomic E-state index is 14.2. The maximum Gasteiger partial charge on any atom is 0.217 e. The molecule has 37 heavy (non-hydrogen) atoms. The van der Waals surface area contributed by atoms with Crippen LogP contribution >= 0.6 is 11.6 Å². The van der Waals surface area contributed by atoms with Gasteiger partial charge in [0.25, 0.3) is 0 Å². The molecule has 10 heteroatoms. The van der Waals surface area contributed by atoms with Crippen LogP contribution < -0.4 is 15.8 Å². The van der Waals surface area contributed by atoms with E-state index in [9.17, 15) is 13.6 Å². The summed E-state index contributed by atoms with van der Waals surface area (Å²) in [6.45, 7) is 3.73. The Morgan fingerprint density at radius 1 is 1.24 bits per heavy atom. The summed E-state index contributed by atoms with van der Waals surface area (Å²) in [5, 5.41) is 3.75. The van der Waals surface area contributed by atoms with Gasteiger partial charge in [0, 0.05) is 67.0 Å². The van der Waals surface area contributed by atoms with Gasteiger partial charge >= 0.3 is 0 Å². The summed E-state index contributed by atoms with van der Waals surface area (Å²) in [7, 11) is 0. The molecule has 192 valence electrons. The highest BCUT2D eigenvalue weighted by molar-refractivity contribution is 6.31. The van der Waals surface area contributed by atoms with Crippen molar-refractivity contribution in [2.45, 2.75) is 32.5 Å². The van der Waals surface area contributed by atoms with Gasteiger partial charge in [-0.3, -0.25) is 9.69 Å². The van der Waals surface area contributed by atoms with Crippen LogP contribution in [0.4, 0.5) is 14.6 Å². The predicted molar refractivity (Wildman–Crippen MR) is 139 cm³/mol. The SMILES string of the molecule is CC(=O)N[C@H]1CCN(Cc2c[nH]c3ccc(-c4cnc(N)c(OCc5c(F)ccc(F)c5Cl)c4)cc23)C1. The molecule has 0 spiro atoms. The summed E-state index contributed by atoms with van der Waals surface area (Å²) < 4.78 is 33.6. The van der Waals surface area contributed by atoms with Crippen molar-refractivity contribution in [1.29, 1.82) is 0 Å². The van der Waals surface area contributed by atoms with E-state index in [0.717, 1.165) is 65.8 Å². The van der Waals surface area contributed by atoms with Crippen molar-refractivity contribution in [2.24, 2.45) is 0 Å². The third-order valence-electron chi connectivity index (χ3n) is 6.57. The zero-order valence-electron chi connectivity index (χ0n) is 20.2. The van der Waals surface area contributed by atoms with Crippen LogP contribution in [0.1, 0.15) is 24.5 Å². The van der Waals surface area contributed by atoms with Crippen LogP contribution in [0.2, 0.25) is 5.02 Å². The molecule has 0 aliphatic carbocycles. The van der Waals surface area contributed by atoms with Crippen LogP contribution in [0.25, 0.3) is 22.0 Å². The van der Waals surface area contributed by atoms with Gasteiger partial charge in [0.1, 0.15) is 18.2 Å². The van der Waals surface area contributed by atoms with Crippen LogP contribution in [0, 0.1) is 11.6 Å². The molecule has 2 aromatic carbocycles. The van der Waals surface area contributed by atoms with Gasteiger partial charge in [-0.1, -0.05) is 17.7 Å². The Labute approximate surface area is 217 Å². The van der Waals surface area contributed by atoms with Gasteiger partial charge in [-0.2, -0.15) is 0 Å². The molecule has 0 radical (unpaired) electrons. The number of nitrogens with one attached hydrogen (secondary N) is 2. The number of benzene rings is 2. The van der Waals surface area contributed by atoms with Crippen molar-refractivity contribution in [3.8, 4) is 16.9 Å². The third-order valence-corrected chi connectivity index (χ3v) is 6.98. The molecular weight excluding hydrogens is 500 g/mol. The minimum absolute atomic E-state index is 0.00629. The van der Waals surface area contributed by atoms with E-state index >= 15 is 0 Å². The summed E-state index contributed by atoms with van der Waals surface area (Å²) in [6, 6.07) is 9.90. The summed E-state index contributed by atoms with van der Waals surface area (Å²) in [5.41, 5.74) is 9.72. The molecule has 1 saturated heterocycles. The van der Waals surface area contributed by atoms with E-state index in [0.29, 0.717) is 0 Å². The summed E-state index contributed by atoms with van der Waals surface area (Å²) in [5.74, 6) is -1.03. The molecule has 1 aliphatic rings. The number of ether oxygens (including phenoxy) is 1. The Bertz CT molecular complexity index is 1470. The molecule has 4 aromatic rings. The second-order valence-corrected chi connectivity index (χ2v) is 9.59. The number of nitrogens with two attached hydrogens (primary N) is 1. The number of anilines is 1. The number of likely N-dealkylation sites (tertiary alicyclic amines) is 1. The van der Waals surface area contributed by atoms with Crippen LogP contribution in [-0.4, -0.2) is 39.9 Å². The Morgan fingerprint density at radius 3 is 2.86 bits per heavy atom. The van der Waals surface area contributed by atoms with Gasteiger partial charge in [-0.15, -0.1) is 0 Å². The van der Waals surface area contributed by atoms with Gasteiger partial charge in [-0.05, 0) is 47.9 Å². The number of pyridine rings is 1. The minimum Gasteiger partial charge on any atom is -0.485 e. The molecular formula is C27H26ClF2N5O2. The molecule has 0 saturated carbocycles. The Kier molecular flexibility index (Phi) is 6.99. The molecule has 2 aromatic heterocycles. The molecule has 0 unspecified atom stereocenters. The Balaban J connectivity index is 1.36. The van der Waals surface area contributed by atoms with E-state index < -0.39 is 11.6 Å². The van der Waals surface area contributed by atoms with Crippen LogP contribution in [0.5, 0.6) is 5.75 Å². The number of hydrogen-bond donors (Lipinski definition) is 3. The number of carbonyl (C=O) groups is 1. The third kappa shape index (κ3) is 5.38. The zero-order chi connectivity index (χ0) is 26.1. The number of amides is 1. The van der Waals surface area contributed by atoms with E-state index in [1.807, 2.05) is 18.3 Å². The fourth-order valence-corrected chi connectivity index (χ4v) is 4.90. The summed E-state index contributed by atoms with van der Waals surface area (Å²) >= 11 is 5.92. The predicted octanol–water partition coefficient (Wildman–Crippen LogP) is 5.03. The number of aromatic nitrogens is 2. The molecule has 7 nitrogen and oxygen atoms in total. The Morgan fingerprint density at radius 2 is 2.05 bits per heavy atom. The average molecular weight is 526 g/mol. The molecule has 0 bridgehead atoms. The highest BCUT2D eigenvalue weighted by Gasteiger charge is 2.23. The standard InChI is InChI=1S/C27H26ClF2N5O2/c1-15(36)34-19-6-7-35(13-19)12-18-11-32-24-5-2-16(8-20(18)24)17-9-25(27(31)33-10-17)37-14-21-22(29)3-4-23(30)26(21)28/h2-5,8-11,19,32H,6-7,12-14H2,1H3,(H2,31,33)(H,34,36)/t19-/m0/s1. The van der Waals surface area contributed by atoms with E-state index in [1.165, 1.54) is 0 Å². The van der Waals surface area contributed by atoms with E-state index in [2.05, 4.69) is 26.3 Å². The number of nitrogens with zero attached hydrogens (tertiary/aromatic N) is 2. The number of nitrogen functional groups attached to an aromatic ring is 1. The monoisotopic (exact) mass is 525 g/mol. The number of rotatable bonds is 7. The smallest absolute Gasteiger partial charge is 0.217 e. The molecule has 3 heterocycles. The number of hydrogen-bond acceptors (Lipinski definition) is 5. The minimum atomic E-state index is -0.725. The van der Waals surface area contributed by atoms with Gasteiger partial charge < -0.3 is 20.8 Å². The van der Waals surface area contributed by atoms with Gasteiger partial charge in [0.05, 0.1) is 5.02 Å². The van der Waals surface area contributed by atoms with Crippen molar-refractivity contribution < 1.29 is 18.3 Å². The average Bonchev–Trinajstić information content (AvgIpc) is 3.48. The lowest BCUT2D eigenvalue weighted by molar-refractivity contribution is -0.119. The molecule has 1 amide bonds. The van der Waals surface area contributed by atoms with Gasteiger partial charge in [0.15, 0.2) is 11.6 Å². The summed E-state index contributed by atoms with van der Waals surface area (Å²) in [6.07, 6.45) is 4.58. The highest BCUT2D eigenvalue weighted by Crippen LogP contribution is 2.32. The largest absolute Gasteiger partial charge is 0.485 e. The lowest BCUT2D eigenvalue weighted by Gasteiger charge is -2.16. The lowest BCUT2D eigenvalue weighted by Crippen LogP contribution is -2.35. The molecule has 5 rings (SSSR count). The molecule has 1 atom stereocenters. The van der Waals surface area contributed by atoms with Crippen molar-refractivity contribution >= 4 is 34.2 Å². The first-order chi connectivity index (χ1) is 17.8. The van der Waals surface area contributed by atoms with Crippen molar-refractivity contribution in [3.63, 3.8) is 0 Å². The molecule has 4 N–H and O–H groups in total. The van der Waals surface area contributed by atoms with Crippen LogP contribution in [0.3, 0.4) is 0 Å². The summed E-state index contributed by atoms with van der Waals surface area (Å²) in [4.78, 5) is 21.3. The molecule has 1 aliphatic heterocycles. The fraction of sp³-hybridized carbons (Fsp3) is 0.259. The van der Waals surface area contributed by atoms with E-state index in [-0.39, 0.29) is 40.7 Å². The second-order valence-electron chi connectivity index (χ2n) is 9.21. The first-order valence-electron chi connectivity index (χ1n) is 11.9. The quantitative estimate of drug-likeness (QED) is 0.294. The van der Waals surface area contributed by atoms with E-state index in [1.54, 1.807) is 19.2 Å². The highest BCUT2D eigenvalue weighted by atomic mass is 35.5. The van der Waals surface area contributed by atoms with Gasteiger partial charge in [-0.25, -0.2) is 13.8 Å². The van der Waals surface area contributed by atoms with E-state index in [4.69, 9.17) is 22.1 Å². The first kappa shape index (κ1) is 25.0. The van der Waals surface area contributed by atoms with Crippen molar-refractivity contribution in [2.75, 3.05) is 18.8 Å².